The first-order valence-electron chi connectivity index (χ1n) is 9.69. The number of morpholine rings is 1. The number of halogens is 1. The predicted molar refractivity (Wildman–Crippen MR) is 107 cm³/mol. The van der Waals surface area contributed by atoms with Gasteiger partial charge in [-0.1, -0.05) is 6.08 Å². The zero-order valence-corrected chi connectivity index (χ0v) is 16.5. The number of hydrogen-bond donors (Lipinski definition) is 1. The summed E-state index contributed by atoms with van der Waals surface area (Å²) < 4.78 is 30.7. The lowest BCUT2D eigenvalue weighted by atomic mass is 9.93. The summed E-state index contributed by atoms with van der Waals surface area (Å²) in [6, 6.07) is 3.99. The molecule has 4 rings (SSSR count). The number of rotatable bonds is 4. The van der Waals surface area contributed by atoms with Gasteiger partial charge < -0.3 is 19.3 Å². The van der Waals surface area contributed by atoms with Gasteiger partial charge in [0.15, 0.2) is 0 Å². The highest BCUT2D eigenvalue weighted by molar-refractivity contribution is 6.08. The summed E-state index contributed by atoms with van der Waals surface area (Å²) in [5, 5.41) is 11.6. The van der Waals surface area contributed by atoms with Gasteiger partial charge in [0.25, 0.3) is 0 Å². The number of benzene rings is 2. The highest BCUT2D eigenvalue weighted by Crippen LogP contribution is 2.45. The smallest absolute Gasteiger partial charge is 0.342 e. The van der Waals surface area contributed by atoms with Gasteiger partial charge in [0, 0.05) is 36.0 Å². The first-order chi connectivity index (χ1) is 13.9. The molecule has 29 heavy (non-hydrogen) atoms. The molecule has 0 bridgehead atoms. The first-order valence-corrected chi connectivity index (χ1v) is 9.69. The molecule has 1 N–H and O–H groups in total. The minimum Gasteiger partial charge on any atom is -0.506 e. The number of phenols is 1. The third-order valence-electron chi connectivity index (χ3n) is 5.20. The molecule has 6 nitrogen and oxygen atoms in total. The molecule has 0 unspecified atom stereocenters. The van der Waals surface area contributed by atoms with Crippen LogP contribution in [0.1, 0.15) is 29.8 Å². The van der Waals surface area contributed by atoms with Crippen LogP contribution in [-0.2, 0) is 9.47 Å². The standard InChI is InChI=1S/C22H24FNO5/c1-22(2)6-5-16-18(21(26)28-12-9-24-7-10-27-11-8-24)19(25)15-4-3-14(23)13-17(15)20(16)29-22/h3-6,13,25H,7-12H2,1-2H3. The maximum Gasteiger partial charge on any atom is 0.342 e. The lowest BCUT2D eigenvalue weighted by molar-refractivity contribution is 0.0194. The van der Waals surface area contributed by atoms with E-state index in [1.165, 1.54) is 18.2 Å². The molecule has 2 heterocycles. The normalized spacial score (nSPS) is 18.3. The summed E-state index contributed by atoms with van der Waals surface area (Å²) >= 11 is 0. The lowest BCUT2D eigenvalue weighted by Gasteiger charge is -2.30. The molecule has 1 saturated heterocycles. The molecule has 0 spiro atoms. The molecule has 0 amide bonds. The molecule has 0 aromatic heterocycles. The van der Waals surface area contributed by atoms with Crippen molar-refractivity contribution in [2.45, 2.75) is 19.4 Å². The monoisotopic (exact) mass is 401 g/mol. The number of fused-ring (bicyclic) bond motifs is 3. The number of carbonyl (C=O) groups excluding carboxylic acids is 1. The van der Waals surface area contributed by atoms with Gasteiger partial charge in [0.2, 0.25) is 0 Å². The Morgan fingerprint density at radius 1 is 1.28 bits per heavy atom. The van der Waals surface area contributed by atoms with E-state index in [-0.39, 0.29) is 17.9 Å². The number of esters is 1. The Hall–Kier alpha value is -2.64. The number of carbonyl (C=O) groups is 1. The van der Waals surface area contributed by atoms with Crippen LogP contribution >= 0.6 is 0 Å². The fraction of sp³-hybridized carbons (Fsp3) is 0.409. The maximum atomic E-state index is 13.9. The number of phenolic OH excluding ortho intramolecular Hbond substituents is 1. The molecule has 2 aliphatic heterocycles. The van der Waals surface area contributed by atoms with E-state index in [2.05, 4.69) is 4.90 Å². The van der Waals surface area contributed by atoms with Crippen molar-refractivity contribution < 1.29 is 28.5 Å². The van der Waals surface area contributed by atoms with E-state index in [0.29, 0.717) is 41.8 Å². The lowest BCUT2D eigenvalue weighted by Crippen LogP contribution is -2.38. The van der Waals surface area contributed by atoms with Gasteiger partial charge in [-0.2, -0.15) is 0 Å². The molecular formula is C22H24FNO5. The molecule has 2 aliphatic rings. The number of nitrogens with zero attached hydrogens (tertiary/aromatic N) is 1. The molecule has 0 atom stereocenters. The summed E-state index contributed by atoms with van der Waals surface area (Å²) in [5.41, 5.74) is -0.190. The van der Waals surface area contributed by atoms with Crippen molar-refractivity contribution in [2.24, 2.45) is 0 Å². The Balaban J connectivity index is 1.67. The van der Waals surface area contributed by atoms with Crippen LogP contribution in [0.15, 0.2) is 24.3 Å². The zero-order valence-electron chi connectivity index (χ0n) is 16.5. The highest BCUT2D eigenvalue weighted by atomic mass is 19.1. The van der Waals surface area contributed by atoms with Crippen molar-refractivity contribution in [1.29, 1.82) is 0 Å². The topological polar surface area (TPSA) is 68.2 Å². The Kier molecular flexibility index (Phi) is 5.19. The summed E-state index contributed by atoms with van der Waals surface area (Å²) in [6.07, 6.45) is 3.52. The van der Waals surface area contributed by atoms with Crippen LogP contribution in [0.25, 0.3) is 16.8 Å². The van der Waals surface area contributed by atoms with Crippen molar-refractivity contribution in [1.82, 2.24) is 4.90 Å². The zero-order chi connectivity index (χ0) is 20.6. The molecule has 7 heteroatoms. The summed E-state index contributed by atoms with van der Waals surface area (Å²) in [5.74, 6) is -0.949. The highest BCUT2D eigenvalue weighted by Gasteiger charge is 2.31. The second-order valence-corrected chi connectivity index (χ2v) is 7.79. The Morgan fingerprint density at radius 2 is 2.03 bits per heavy atom. The Morgan fingerprint density at radius 3 is 2.79 bits per heavy atom. The second kappa shape index (κ2) is 7.65. The van der Waals surface area contributed by atoms with Gasteiger partial charge in [0.1, 0.15) is 35.1 Å². The summed E-state index contributed by atoms with van der Waals surface area (Å²) in [7, 11) is 0. The van der Waals surface area contributed by atoms with Crippen molar-refractivity contribution in [3.05, 3.63) is 41.2 Å². The van der Waals surface area contributed by atoms with E-state index >= 15 is 0 Å². The minimum absolute atomic E-state index is 0.0350. The van der Waals surface area contributed by atoms with Crippen molar-refractivity contribution >= 4 is 22.8 Å². The fourth-order valence-electron chi connectivity index (χ4n) is 3.65. The van der Waals surface area contributed by atoms with E-state index in [1.807, 2.05) is 13.8 Å². The van der Waals surface area contributed by atoms with Crippen molar-refractivity contribution in [3.8, 4) is 11.5 Å². The molecule has 2 aromatic rings. The van der Waals surface area contributed by atoms with Crippen LogP contribution < -0.4 is 4.74 Å². The third-order valence-corrected chi connectivity index (χ3v) is 5.20. The maximum absolute atomic E-state index is 13.9. The van der Waals surface area contributed by atoms with Gasteiger partial charge in [-0.05, 0) is 38.1 Å². The molecule has 0 radical (unpaired) electrons. The second-order valence-electron chi connectivity index (χ2n) is 7.79. The number of ether oxygens (including phenoxy) is 3. The Labute approximate surface area is 168 Å². The third kappa shape index (κ3) is 3.93. The SMILES string of the molecule is CC1(C)C=Cc2c(C(=O)OCCN3CCOCC3)c(O)c3ccc(F)cc3c2O1. The van der Waals surface area contributed by atoms with Crippen LogP contribution in [0.2, 0.25) is 0 Å². The molecule has 0 aliphatic carbocycles. The predicted octanol–water partition coefficient (Wildman–Crippen LogP) is 3.36. The minimum atomic E-state index is -0.633. The van der Waals surface area contributed by atoms with Crippen LogP contribution in [0.5, 0.6) is 11.5 Å². The number of aromatic hydroxyl groups is 1. The average Bonchev–Trinajstić information content (AvgIpc) is 2.69. The molecular weight excluding hydrogens is 377 g/mol. The van der Waals surface area contributed by atoms with E-state index in [9.17, 15) is 14.3 Å². The van der Waals surface area contributed by atoms with Crippen molar-refractivity contribution in [2.75, 3.05) is 39.5 Å². The van der Waals surface area contributed by atoms with Gasteiger partial charge >= 0.3 is 5.97 Å². The summed E-state index contributed by atoms with van der Waals surface area (Å²) in [4.78, 5) is 15.0. The van der Waals surface area contributed by atoms with Crippen LogP contribution in [-0.4, -0.2) is 61.0 Å². The summed E-state index contributed by atoms with van der Waals surface area (Å²) in [6.45, 7) is 7.45. The van der Waals surface area contributed by atoms with Crippen LogP contribution in [0, 0.1) is 5.82 Å². The molecule has 2 aromatic carbocycles. The largest absolute Gasteiger partial charge is 0.506 e. The van der Waals surface area contributed by atoms with E-state index in [4.69, 9.17) is 14.2 Å². The van der Waals surface area contributed by atoms with E-state index in [1.54, 1.807) is 12.2 Å². The average molecular weight is 401 g/mol. The fourth-order valence-corrected chi connectivity index (χ4v) is 3.65. The van der Waals surface area contributed by atoms with Crippen LogP contribution in [0.4, 0.5) is 4.39 Å². The van der Waals surface area contributed by atoms with Gasteiger partial charge in [0.05, 0.1) is 13.2 Å². The quantitative estimate of drug-likeness (QED) is 0.793. The molecule has 154 valence electrons. The Bertz CT molecular complexity index is 979. The van der Waals surface area contributed by atoms with E-state index < -0.39 is 17.4 Å². The first kappa shape index (κ1) is 19.7. The van der Waals surface area contributed by atoms with Gasteiger partial charge in [-0.25, -0.2) is 9.18 Å². The van der Waals surface area contributed by atoms with Gasteiger partial charge in [-0.3, -0.25) is 4.90 Å². The van der Waals surface area contributed by atoms with E-state index in [0.717, 1.165) is 13.1 Å². The van der Waals surface area contributed by atoms with Crippen LogP contribution in [0.3, 0.4) is 0 Å². The van der Waals surface area contributed by atoms with Gasteiger partial charge in [-0.15, -0.1) is 0 Å². The van der Waals surface area contributed by atoms with Crippen molar-refractivity contribution in [3.63, 3.8) is 0 Å². The number of hydrogen-bond acceptors (Lipinski definition) is 6. The molecule has 1 fully saturated rings. The molecule has 0 saturated carbocycles.